The summed E-state index contributed by atoms with van der Waals surface area (Å²) in [6.45, 7) is 12.4. The first-order valence-electron chi connectivity index (χ1n) is 11.8. The summed E-state index contributed by atoms with van der Waals surface area (Å²) < 4.78 is 25.8. The first kappa shape index (κ1) is 25.7. The van der Waals surface area contributed by atoms with E-state index in [1.807, 2.05) is 43.1 Å². The van der Waals surface area contributed by atoms with E-state index in [0.717, 1.165) is 57.0 Å². The van der Waals surface area contributed by atoms with Gasteiger partial charge in [0.1, 0.15) is 23.3 Å². The number of amides is 1. The van der Waals surface area contributed by atoms with Crippen molar-refractivity contribution in [1.29, 1.82) is 0 Å². The van der Waals surface area contributed by atoms with Crippen LogP contribution >= 0.6 is 0 Å². The van der Waals surface area contributed by atoms with Gasteiger partial charge in [0.05, 0.1) is 17.2 Å². The Kier molecular flexibility index (Phi) is 8.23. The molecule has 0 bridgehead atoms. The predicted octanol–water partition coefficient (Wildman–Crippen LogP) is 2.01. The molecule has 0 spiro atoms. The molecule has 0 radical (unpaired) electrons. The lowest BCUT2D eigenvalue weighted by Gasteiger charge is -2.35. The standard InChI is InChI=1S/C23H36N4O4S.H2O/c1-5-32(29)27-12-10-25(11-13-27)21-15-18-14-19(30-20(18)16-24-21)17-6-8-26(9-7-17)22(28)31-23(2,3)4;/h15-17,19H,5-14H2,1-4H3;1H2. The minimum atomic E-state index is -0.869. The van der Waals surface area contributed by atoms with Gasteiger partial charge in [-0.15, -0.1) is 0 Å². The molecule has 2 N–H and O–H groups in total. The van der Waals surface area contributed by atoms with E-state index in [1.54, 1.807) is 0 Å². The van der Waals surface area contributed by atoms with Crippen LogP contribution in [0.1, 0.15) is 46.1 Å². The van der Waals surface area contributed by atoms with Gasteiger partial charge < -0.3 is 24.7 Å². The monoisotopic (exact) mass is 482 g/mol. The second kappa shape index (κ2) is 10.6. The predicted molar refractivity (Wildman–Crippen MR) is 129 cm³/mol. The number of rotatable bonds is 4. The summed E-state index contributed by atoms with van der Waals surface area (Å²) in [5, 5.41) is 0. The average Bonchev–Trinajstić information content (AvgIpc) is 3.21. The Bertz CT molecular complexity index is 846. The minimum Gasteiger partial charge on any atom is -0.488 e. The zero-order valence-corrected chi connectivity index (χ0v) is 21.0. The molecule has 4 heterocycles. The van der Waals surface area contributed by atoms with Crippen LogP contribution in [0.3, 0.4) is 0 Å². The normalized spacial score (nSPS) is 22.8. The molecule has 9 nitrogen and oxygen atoms in total. The smallest absolute Gasteiger partial charge is 0.410 e. The Morgan fingerprint density at radius 1 is 1.18 bits per heavy atom. The highest BCUT2D eigenvalue weighted by atomic mass is 32.2. The molecular formula is C23H38N4O5S. The molecule has 2 fully saturated rings. The lowest BCUT2D eigenvalue weighted by molar-refractivity contribution is 0.0123. The molecule has 33 heavy (non-hydrogen) atoms. The highest BCUT2D eigenvalue weighted by Gasteiger charge is 2.35. The van der Waals surface area contributed by atoms with Crippen molar-refractivity contribution in [2.24, 2.45) is 5.92 Å². The van der Waals surface area contributed by atoms with Gasteiger partial charge >= 0.3 is 6.09 Å². The van der Waals surface area contributed by atoms with Crippen LogP contribution in [0.2, 0.25) is 0 Å². The lowest BCUT2D eigenvalue weighted by Crippen LogP contribution is -2.47. The molecule has 4 rings (SSSR count). The number of piperazine rings is 1. The second-order valence-corrected chi connectivity index (χ2v) is 11.6. The number of fused-ring (bicyclic) bond motifs is 1. The number of aromatic nitrogens is 1. The van der Waals surface area contributed by atoms with Gasteiger partial charge in [-0.1, -0.05) is 6.92 Å². The third-order valence-corrected chi connectivity index (χ3v) is 7.88. The number of pyridine rings is 1. The number of hydrogen-bond acceptors (Lipinski definition) is 6. The number of piperidine rings is 1. The lowest BCUT2D eigenvalue weighted by atomic mass is 9.89. The van der Waals surface area contributed by atoms with Gasteiger partial charge in [0.25, 0.3) is 0 Å². The minimum absolute atomic E-state index is 0. The highest BCUT2D eigenvalue weighted by Crippen LogP contribution is 2.36. The van der Waals surface area contributed by atoms with E-state index in [4.69, 9.17) is 9.47 Å². The van der Waals surface area contributed by atoms with E-state index >= 15 is 0 Å². The molecule has 1 aromatic heterocycles. The number of hydrogen-bond donors (Lipinski definition) is 0. The molecule has 3 aliphatic rings. The maximum atomic E-state index is 12.3. The summed E-state index contributed by atoms with van der Waals surface area (Å²) in [6.07, 6.45) is 4.53. The largest absolute Gasteiger partial charge is 0.488 e. The van der Waals surface area contributed by atoms with Crippen LogP contribution in [-0.2, 0) is 22.1 Å². The van der Waals surface area contributed by atoms with Gasteiger partial charge in [-0.25, -0.2) is 18.3 Å². The Labute approximate surface area is 199 Å². The molecular weight excluding hydrogens is 444 g/mol. The van der Waals surface area contributed by atoms with Crippen molar-refractivity contribution in [3.8, 4) is 5.75 Å². The van der Waals surface area contributed by atoms with Gasteiger partial charge in [0.2, 0.25) is 0 Å². The molecule has 2 saturated heterocycles. The van der Waals surface area contributed by atoms with E-state index < -0.39 is 16.6 Å². The maximum Gasteiger partial charge on any atom is 0.410 e. The Balaban J connectivity index is 0.00000306. The van der Waals surface area contributed by atoms with Gasteiger partial charge in [-0.3, -0.25) is 0 Å². The van der Waals surface area contributed by atoms with Crippen molar-refractivity contribution < 1.29 is 24.0 Å². The van der Waals surface area contributed by atoms with Gasteiger partial charge in [0, 0.05) is 57.0 Å². The van der Waals surface area contributed by atoms with Crippen LogP contribution in [0.25, 0.3) is 0 Å². The van der Waals surface area contributed by atoms with Crippen molar-refractivity contribution in [1.82, 2.24) is 14.2 Å². The molecule has 1 amide bonds. The number of likely N-dealkylation sites (tertiary alicyclic amines) is 1. The van der Waals surface area contributed by atoms with Crippen LogP contribution in [0.15, 0.2) is 12.3 Å². The zero-order chi connectivity index (χ0) is 22.9. The van der Waals surface area contributed by atoms with E-state index in [1.165, 1.54) is 5.56 Å². The summed E-state index contributed by atoms with van der Waals surface area (Å²) in [5.74, 6) is 2.97. The third kappa shape index (κ3) is 6.16. The molecule has 2 unspecified atom stereocenters. The van der Waals surface area contributed by atoms with Crippen molar-refractivity contribution in [2.75, 3.05) is 49.9 Å². The Hall–Kier alpha value is -1.91. The number of ether oxygens (including phenoxy) is 2. The molecule has 1 aromatic rings. The van der Waals surface area contributed by atoms with E-state index in [0.29, 0.717) is 24.8 Å². The van der Waals surface area contributed by atoms with E-state index in [-0.39, 0.29) is 17.7 Å². The maximum absolute atomic E-state index is 12.3. The van der Waals surface area contributed by atoms with Crippen LogP contribution in [-0.4, -0.2) is 86.7 Å². The second-order valence-electron chi connectivity index (χ2n) is 9.84. The molecule has 186 valence electrons. The van der Waals surface area contributed by atoms with Crippen LogP contribution in [0.4, 0.5) is 10.6 Å². The molecule has 10 heteroatoms. The van der Waals surface area contributed by atoms with E-state index in [2.05, 4.69) is 16.0 Å². The Morgan fingerprint density at radius 3 is 2.45 bits per heavy atom. The van der Waals surface area contributed by atoms with E-state index in [9.17, 15) is 9.00 Å². The summed E-state index contributed by atoms with van der Waals surface area (Å²) in [7, 11) is -0.869. The SMILES string of the molecule is CCS(=O)N1CCN(c2cc3c(cn2)OC(C2CCN(C(=O)OC(C)(C)C)CC2)C3)CC1.O. The summed E-state index contributed by atoms with van der Waals surface area (Å²) in [5.41, 5.74) is 0.753. The number of carbonyl (C=O) groups is 1. The van der Waals surface area contributed by atoms with Crippen LogP contribution in [0.5, 0.6) is 5.75 Å². The molecule has 3 aliphatic heterocycles. The molecule has 0 saturated carbocycles. The van der Waals surface area contributed by atoms with Crippen molar-refractivity contribution in [3.05, 3.63) is 17.8 Å². The van der Waals surface area contributed by atoms with Crippen LogP contribution < -0.4 is 9.64 Å². The van der Waals surface area contributed by atoms with Crippen LogP contribution in [0, 0.1) is 5.92 Å². The fourth-order valence-electron chi connectivity index (χ4n) is 4.68. The number of anilines is 1. The first-order valence-corrected chi connectivity index (χ1v) is 13.0. The van der Waals surface area contributed by atoms with Gasteiger partial charge in [0.15, 0.2) is 0 Å². The molecule has 2 atom stereocenters. The fourth-order valence-corrected chi connectivity index (χ4v) is 5.61. The number of carbonyl (C=O) groups excluding carboxylic acids is 1. The van der Waals surface area contributed by atoms with Crippen molar-refractivity contribution in [3.63, 3.8) is 0 Å². The summed E-state index contributed by atoms with van der Waals surface area (Å²) in [6, 6.07) is 2.16. The van der Waals surface area contributed by atoms with Gasteiger partial charge in [-0.2, -0.15) is 0 Å². The number of nitrogens with zero attached hydrogens (tertiary/aromatic N) is 4. The topological polar surface area (TPSA) is 107 Å². The van der Waals surface area contributed by atoms with Crippen molar-refractivity contribution >= 4 is 22.9 Å². The van der Waals surface area contributed by atoms with Gasteiger partial charge in [-0.05, 0) is 45.6 Å². The molecule has 0 aliphatic carbocycles. The highest BCUT2D eigenvalue weighted by molar-refractivity contribution is 7.82. The van der Waals surface area contributed by atoms with Crippen molar-refractivity contribution in [2.45, 2.75) is 58.7 Å². The summed E-state index contributed by atoms with van der Waals surface area (Å²) in [4.78, 5) is 21.1. The Morgan fingerprint density at radius 2 is 1.85 bits per heavy atom. The summed E-state index contributed by atoms with van der Waals surface area (Å²) >= 11 is 0. The third-order valence-electron chi connectivity index (χ3n) is 6.45. The molecule has 0 aromatic carbocycles. The first-order chi connectivity index (χ1) is 15.2. The zero-order valence-electron chi connectivity index (χ0n) is 20.2. The average molecular weight is 483 g/mol. The quantitative estimate of drug-likeness (QED) is 0.650. The fraction of sp³-hybridized carbons (Fsp3) is 0.739.